The normalized spacial score (nSPS) is 11.6. The molecule has 30 heavy (non-hydrogen) atoms. The van der Waals surface area contributed by atoms with Gasteiger partial charge in [0.1, 0.15) is 5.75 Å². The average Bonchev–Trinajstić information content (AvgIpc) is 3.30. The number of aryl methyl sites for hydroxylation is 2. The van der Waals surface area contributed by atoms with E-state index in [9.17, 15) is 13.2 Å². The van der Waals surface area contributed by atoms with Crippen LogP contribution in [0.4, 0.5) is 13.2 Å². The van der Waals surface area contributed by atoms with Gasteiger partial charge in [-0.25, -0.2) is 0 Å². The van der Waals surface area contributed by atoms with Crippen LogP contribution < -0.4 is 4.74 Å². The summed E-state index contributed by atoms with van der Waals surface area (Å²) in [4.78, 5) is 4.31. The van der Waals surface area contributed by atoms with Gasteiger partial charge in [0.2, 0.25) is 5.82 Å². The number of hydrogen-bond acceptors (Lipinski definition) is 5. The van der Waals surface area contributed by atoms with Crippen molar-refractivity contribution < 1.29 is 22.4 Å². The fourth-order valence-electron chi connectivity index (χ4n) is 2.89. The maximum absolute atomic E-state index is 12.3. The fraction of sp³-hybridized carbons (Fsp3) is 0.190. The van der Waals surface area contributed by atoms with Crippen LogP contribution in [0.15, 0.2) is 59.1 Å². The Labute approximate surface area is 169 Å². The minimum absolute atomic E-state index is 0.228. The van der Waals surface area contributed by atoms with Gasteiger partial charge in [0.15, 0.2) is 5.69 Å². The largest absolute Gasteiger partial charge is 0.573 e. The molecule has 2 heterocycles. The predicted molar refractivity (Wildman–Crippen MR) is 103 cm³/mol. The van der Waals surface area contributed by atoms with Crippen molar-refractivity contribution in [3.8, 4) is 28.7 Å². The summed E-state index contributed by atoms with van der Waals surface area (Å²) in [6.07, 6.45) is -4.74. The topological polar surface area (TPSA) is 66.0 Å². The molecular weight excluding hydrogens is 397 g/mol. The average molecular weight is 414 g/mol. The number of alkyl halides is 3. The first-order valence-corrected chi connectivity index (χ1v) is 9.07. The molecule has 0 aliphatic rings. The van der Waals surface area contributed by atoms with E-state index >= 15 is 0 Å². The van der Waals surface area contributed by atoms with Crippen molar-refractivity contribution in [1.82, 2.24) is 19.9 Å². The van der Waals surface area contributed by atoms with Gasteiger partial charge in [0.25, 0.3) is 5.89 Å². The van der Waals surface area contributed by atoms with Crippen LogP contribution in [0.3, 0.4) is 0 Å². The third-order valence-corrected chi connectivity index (χ3v) is 4.43. The SMILES string of the molecule is Cc1ccc(Cn2nc(-c3nc(-c4ccc(OC(F)(F)F)cc4)no3)cc2C)cc1. The van der Waals surface area contributed by atoms with Crippen LogP contribution in [-0.2, 0) is 6.54 Å². The van der Waals surface area contributed by atoms with E-state index in [1.807, 2.05) is 48.9 Å². The number of halogens is 3. The van der Waals surface area contributed by atoms with Crippen molar-refractivity contribution in [3.63, 3.8) is 0 Å². The lowest BCUT2D eigenvalue weighted by atomic mass is 10.1. The highest BCUT2D eigenvalue weighted by molar-refractivity contribution is 5.58. The van der Waals surface area contributed by atoms with Gasteiger partial charge in [-0.3, -0.25) is 4.68 Å². The molecule has 0 N–H and O–H groups in total. The number of aromatic nitrogens is 4. The van der Waals surface area contributed by atoms with Crippen LogP contribution in [0.5, 0.6) is 5.75 Å². The zero-order valence-corrected chi connectivity index (χ0v) is 16.1. The van der Waals surface area contributed by atoms with Gasteiger partial charge in [0, 0.05) is 11.3 Å². The van der Waals surface area contributed by atoms with Crippen molar-refractivity contribution in [2.24, 2.45) is 0 Å². The summed E-state index contributed by atoms with van der Waals surface area (Å²) < 4.78 is 47.8. The van der Waals surface area contributed by atoms with Gasteiger partial charge < -0.3 is 9.26 Å². The van der Waals surface area contributed by atoms with E-state index in [1.54, 1.807) is 0 Å². The summed E-state index contributed by atoms with van der Waals surface area (Å²) in [5, 5.41) is 8.44. The lowest BCUT2D eigenvalue weighted by molar-refractivity contribution is -0.274. The number of nitrogens with zero attached hydrogens (tertiary/aromatic N) is 4. The number of rotatable bonds is 5. The van der Waals surface area contributed by atoms with Crippen LogP contribution in [0.25, 0.3) is 23.0 Å². The number of hydrogen-bond donors (Lipinski definition) is 0. The summed E-state index contributed by atoms with van der Waals surface area (Å²) in [5.41, 5.74) is 4.25. The van der Waals surface area contributed by atoms with Crippen LogP contribution in [-0.4, -0.2) is 26.3 Å². The minimum atomic E-state index is -4.74. The first-order chi connectivity index (χ1) is 14.3. The molecule has 0 atom stereocenters. The third-order valence-electron chi connectivity index (χ3n) is 4.43. The molecule has 2 aromatic heterocycles. The number of ether oxygens (including phenoxy) is 1. The monoisotopic (exact) mass is 414 g/mol. The maximum atomic E-state index is 12.3. The van der Waals surface area contributed by atoms with Crippen molar-refractivity contribution in [1.29, 1.82) is 0 Å². The summed E-state index contributed by atoms with van der Waals surface area (Å²) in [7, 11) is 0. The predicted octanol–water partition coefficient (Wildman–Crippen LogP) is 5.16. The Morgan fingerprint density at radius 2 is 1.70 bits per heavy atom. The van der Waals surface area contributed by atoms with Crippen LogP contribution in [0, 0.1) is 13.8 Å². The fourth-order valence-corrected chi connectivity index (χ4v) is 2.89. The molecule has 0 aliphatic heterocycles. The summed E-state index contributed by atoms with van der Waals surface area (Å²) >= 11 is 0. The van der Waals surface area contributed by atoms with E-state index in [1.165, 1.54) is 29.8 Å². The molecule has 0 saturated carbocycles. The highest BCUT2D eigenvalue weighted by Crippen LogP contribution is 2.27. The van der Waals surface area contributed by atoms with E-state index in [-0.39, 0.29) is 17.5 Å². The van der Waals surface area contributed by atoms with Crippen LogP contribution in [0.2, 0.25) is 0 Å². The number of benzene rings is 2. The molecule has 0 spiro atoms. The van der Waals surface area contributed by atoms with Gasteiger partial charge in [-0.05, 0) is 49.7 Å². The molecule has 154 valence electrons. The smallest absolute Gasteiger partial charge is 0.406 e. The Balaban J connectivity index is 1.52. The molecule has 0 bridgehead atoms. The van der Waals surface area contributed by atoms with E-state index < -0.39 is 6.36 Å². The molecule has 0 fully saturated rings. The quantitative estimate of drug-likeness (QED) is 0.451. The van der Waals surface area contributed by atoms with Gasteiger partial charge in [-0.1, -0.05) is 35.0 Å². The second-order valence-electron chi connectivity index (χ2n) is 6.81. The molecule has 9 heteroatoms. The second-order valence-corrected chi connectivity index (χ2v) is 6.81. The zero-order chi connectivity index (χ0) is 21.3. The molecule has 0 amide bonds. The summed E-state index contributed by atoms with van der Waals surface area (Å²) in [5.74, 6) is 0.154. The van der Waals surface area contributed by atoms with E-state index in [2.05, 4.69) is 20.0 Å². The molecule has 0 unspecified atom stereocenters. The first-order valence-electron chi connectivity index (χ1n) is 9.07. The minimum Gasteiger partial charge on any atom is -0.406 e. The lowest BCUT2D eigenvalue weighted by Crippen LogP contribution is -2.16. The van der Waals surface area contributed by atoms with Crippen molar-refractivity contribution >= 4 is 0 Å². The Bertz CT molecular complexity index is 1150. The Morgan fingerprint density at radius 1 is 1.00 bits per heavy atom. The zero-order valence-electron chi connectivity index (χ0n) is 16.1. The molecule has 0 radical (unpaired) electrons. The van der Waals surface area contributed by atoms with Crippen molar-refractivity contribution in [2.45, 2.75) is 26.8 Å². The summed E-state index contributed by atoms with van der Waals surface area (Å²) in [6, 6.07) is 15.3. The van der Waals surface area contributed by atoms with Crippen LogP contribution >= 0.6 is 0 Å². The second kappa shape index (κ2) is 7.66. The molecule has 4 aromatic rings. The molecule has 2 aromatic carbocycles. The highest BCUT2D eigenvalue weighted by atomic mass is 19.4. The van der Waals surface area contributed by atoms with Crippen molar-refractivity contribution in [3.05, 3.63) is 71.4 Å². The van der Waals surface area contributed by atoms with Crippen LogP contribution in [0.1, 0.15) is 16.8 Å². The van der Waals surface area contributed by atoms with Gasteiger partial charge >= 0.3 is 6.36 Å². The van der Waals surface area contributed by atoms with E-state index in [0.29, 0.717) is 17.8 Å². The maximum Gasteiger partial charge on any atom is 0.573 e. The standard InChI is InChI=1S/C21H17F3N4O2/c1-13-3-5-15(6-4-13)12-28-14(2)11-18(26-28)20-25-19(27-30-20)16-7-9-17(10-8-16)29-21(22,23)24/h3-11H,12H2,1-2H3. The van der Waals surface area contributed by atoms with E-state index in [4.69, 9.17) is 4.52 Å². The third kappa shape index (κ3) is 4.51. The van der Waals surface area contributed by atoms with Gasteiger partial charge in [0.05, 0.1) is 6.54 Å². The molecule has 6 nitrogen and oxygen atoms in total. The molecule has 0 aliphatic carbocycles. The first kappa shape index (κ1) is 19.7. The Morgan fingerprint density at radius 3 is 2.37 bits per heavy atom. The molecular formula is C21H17F3N4O2. The molecule has 0 saturated heterocycles. The van der Waals surface area contributed by atoms with E-state index in [0.717, 1.165) is 11.3 Å². The lowest BCUT2D eigenvalue weighted by Gasteiger charge is -2.08. The Kier molecular flexibility index (Phi) is 5.03. The summed E-state index contributed by atoms with van der Waals surface area (Å²) in [6.45, 7) is 4.57. The Hall–Kier alpha value is -3.62. The van der Waals surface area contributed by atoms with Gasteiger partial charge in [-0.15, -0.1) is 13.2 Å². The molecule has 4 rings (SSSR count). The highest BCUT2D eigenvalue weighted by Gasteiger charge is 2.31. The van der Waals surface area contributed by atoms with Gasteiger partial charge in [-0.2, -0.15) is 10.1 Å². The van der Waals surface area contributed by atoms with Crippen molar-refractivity contribution in [2.75, 3.05) is 0 Å².